The molecule has 0 aliphatic rings. The number of nitrogens with zero attached hydrogens (tertiary/aromatic N) is 1. The molecule has 1 amide bonds. The van der Waals surface area contributed by atoms with Gasteiger partial charge in [0.1, 0.15) is 0 Å². The molecule has 0 heterocycles. The molecular weight excluding hydrogens is 294 g/mol. The van der Waals surface area contributed by atoms with Crippen LogP contribution in [0.3, 0.4) is 0 Å². The molecule has 4 nitrogen and oxygen atoms in total. The van der Waals surface area contributed by atoms with E-state index >= 15 is 0 Å². The SMILES string of the molecule is CCCCN(CC(N)=O)c1ccc(CN)cc1Br. The average molecular weight is 314 g/mol. The highest BCUT2D eigenvalue weighted by molar-refractivity contribution is 9.10. The molecule has 0 aliphatic heterocycles. The monoisotopic (exact) mass is 313 g/mol. The highest BCUT2D eigenvalue weighted by Crippen LogP contribution is 2.27. The summed E-state index contributed by atoms with van der Waals surface area (Å²) < 4.78 is 0.947. The highest BCUT2D eigenvalue weighted by atomic mass is 79.9. The summed E-state index contributed by atoms with van der Waals surface area (Å²) >= 11 is 3.52. The molecule has 0 saturated carbocycles. The topological polar surface area (TPSA) is 72.3 Å². The molecule has 1 aromatic rings. The van der Waals surface area contributed by atoms with Crippen LogP contribution in [0.1, 0.15) is 25.3 Å². The van der Waals surface area contributed by atoms with Crippen LogP contribution in [-0.4, -0.2) is 19.0 Å². The summed E-state index contributed by atoms with van der Waals surface area (Å²) in [5, 5.41) is 0. The summed E-state index contributed by atoms with van der Waals surface area (Å²) in [5.74, 6) is -0.319. The third-order valence-electron chi connectivity index (χ3n) is 2.72. The van der Waals surface area contributed by atoms with Gasteiger partial charge in [0.05, 0.1) is 12.2 Å². The number of rotatable bonds is 7. The van der Waals surface area contributed by atoms with Gasteiger partial charge in [-0.2, -0.15) is 0 Å². The van der Waals surface area contributed by atoms with Crippen LogP contribution in [-0.2, 0) is 11.3 Å². The molecule has 0 spiro atoms. The largest absolute Gasteiger partial charge is 0.368 e. The smallest absolute Gasteiger partial charge is 0.236 e. The van der Waals surface area contributed by atoms with Gasteiger partial charge in [0.15, 0.2) is 0 Å². The minimum Gasteiger partial charge on any atom is -0.368 e. The van der Waals surface area contributed by atoms with E-state index in [1.165, 1.54) is 0 Å². The Morgan fingerprint density at radius 1 is 1.44 bits per heavy atom. The third-order valence-corrected chi connectivity index (χ3v) is 3.35. The zero-order valence-corrected chi connectivity index (χ0v) is 12.2. The summed E-state index contributed by atoms with van der Waals surface area (Å²) in [6.07, 6.45) is 2.10. The number of unbranched alkanes of at least 4 members (excludes halogenated alkanes) is 1. The van der Waals surface area contributed by atoms with Gasteiger partial charge in [-0.05, 0) is 40.0 Å². The van der Waals surface area contributed by atoms with E-state index in [0.717, 1.165) is 35.1 Å². The number of primary amides is 1. The first-order valence-electron chi connectivity index (χ1n) is 6.10. The lowest BCUT2D eigenvalue weighted by molar-refractivity contribution is -0.116. The van der Waals surface area contributed by atoms with Gasteiger partial charge >= 0.3 is 0 Å². The van der Waals surface area contributed by atoms with E-state index in [1.54, 1.807) is 0 Å². The third kappa shape index (κ3) is 4.31. The van der Waals surface area contributed by atoms with Crippen LogP contribution in [0.4, 0.5) is 5.69 Å². The van der Waals surface area contributed by atoms with E-state index in [0.29, 0.717) is 6.54 Å². The zero-order valence-electron chi connectivity index (χ0n) is 10.7. The fraction of sp³-hybridized carbons (Fsp3) is 0.462. The maximum atomic E-state index is 11.1. The predicted octanol–water partition coefficient (Wildman–Crippen LogP) is 2.00. The number of halogens is 1. The van der Waals surface area contributed by atoms with Crippen molar-refractivity contribution in [3.05, 3.63) is 28.2 Å². The van der Waals surface area contributed by atoms with Crippen LogP contribution in [0, 0.1) is 0 Å². The summed E-state index contributed by atoms with van der Waals surface area (Å²) in [6, 6.07) is 5.93. The van der Waals surface area contributed by atoms with Crippen molar-refractivity contribution in [1.82, 2.24) is 0 Å². The first-order valence-corrected chi connectivity index (χ1v) is 6.89. The Kier molecular flexibility index (Phi) is 6.15. The quantitative estimate of drug-likeness (QED) is 0.808. The van der Waals surface area contributed by atoms with Crippen molar-refractivity contribution in [2.45, 2.75) is 26.3 Å². The molecular formula is C13H20BrN3O. The molecule has 0 radical (unpaired) electrons. The second-order valence-corrected chi connectivity index (χ2v) is 5.09. The number of hydrogen-bond acceptors (Lipinski definition) is 3. The lowest BCUT2D eigenvalue weighted by atomic mass is 10.2. The van der Waals surface area contributed by atoms with Crippen molar-refractivity contribution in [2.24, 2.45) is 11.5 Å². The van der Waals surface area contributed by atoms with E-state index in [2.05, 4.69) is 22.9 Å². The Balaban J connectivity index is 2.92. The second-order valence-electron chi connectivity index (χ2n) is 4.23. The first-order chi connectivity index (χ1) is 8.58. The normalized spacial score (nSPS) is 10.4. The molecule has 1 aromatic carbocycles. The maximum absolute atomic E-state index is 11.1. The van der Waals surface area contributed by atoms with Crippen LogP contribution in [0.5, 0.6) is 0 Å². The standard InChI is InChI=1S/C13H20BrN3O/c1-2-3-6-17(9-13(16)18)12-5-4-10(8-15)7-11(12)14/h4-5,7H,2-3,6,8-9,15H2,1H3,(H2,16,18). The Morgan fingerprint density at radius 3 is 2.67 bits per heavy atom. The first kappa shape index (κ1) is 15.0. The van der Waals surface area contributed by atoms with Crippen LogP contribution in [0.25, 0.3) is 0 Å². The molecule has 0 fully saturated rings. The minimum absolute atomic E-state index is 0.237. The van der Waals surface area contributed by atoms with Crippen LogP contribution in [0.2, 0.25) is 0 Å². The summed E-state index contributed by atoms with van der Waals surface area (Å²) in [7, 11) is 0. The van der Waals surface area contributed by atoms with Gasteiger partial charge in [-0.3, -0.25) is 4.79 Å². The summed E-state index contributed by atoms with van der Waals surface area (Å²) in [4.78, 5) is 13.1. The lowest BCUT2D eigenvalue weighted by Gasteiger charge is -2.24. The average Bonchev–Trinajstić information content (AvgIpc) is 2.34. The molecule has 0 atom stereocenters. The number of carbonyl (C=O) groups excluding carboxylic acids is 1. The highest BCUT2D eigenvalue weighted by Gasteiger charge is 2.12. The van der Waals surface area contributed by atoms with Gasteiger partial charge in [-0.1, -0.05) is 19.4 Å². The van der Waals surface area contributed by atoms with E-state index in [-0.39, 0.29) is 12.5 Å². The fourth-order valence-electron chi connectivity index (χ4n) is 1.76. The van der Waals surface area contributed by atoms with E-state index in [1.807, 2.05) is 23.1 Å². The summed E-state index contributed by atoms with van der Waals surface area (Å²) in [5.41, 5.74) is 12.9. The molecule has 0 aliphatic carbocycles. The fourth-order valence-corrected chi connectivity index (χ4v) is 2.43. The van der Waals surface area contributed by atoms with Crippen LogP contribution >= 0.6 is 15.9 Å². The van der Waals surface area contributed by atoms with Gasteiger partial charge in [0.2, 0.25) is 5.91 Å². The molecule has 0 bridgehead atoms. The Labute approximate surface area is 116 Å². The molecule has 0 unspecified atom stereocenters. The van der Waals surface area contributed by atoms with Gasteiger partial charge < -0.3 is 16.4 Å². The molecule has 1 rings (SSSR count). The van der Waals surface area contributed by atoms with Gasteiger partial charge in [0, 0.05) is 17.6 Å². The van der Waals surface area contributed by atoms with Gasteiger partial charge in [-0.25, -0.2) is 0 Å². The number of benzene rings is 1. The Bertz CT molecular complexity index is 409. The van der Waals surface area contributed by atoms with Crippen LogP contribution < -0.4 is 16.4 Å². The van der Waals surface area contributed by atoms with Crippen molar-refractivity contribution in [2.75, 3.05) is 18.0 Å². The lowest BCUT2D eigenvalue weighted by Crippen LogP contribution is -2.34. The van der Waals surface area contributed by atoms with Crippen molar-refractivity contribution in [3.8, 4) is 0 Å². The van der Waals surface area contributed by atoms with E-state index in [4.69, 9.17) is 11.5 Å². The molecule has 0 saturated heterocycles. The molecule has 0 aromatic heterocycles. The zero-order chi connectivity index (χ0) is 13.5. The second kappa shape index (κ2) is 7.38. The number of nitrogens with two attached hydrogens (primary N) is 2. The van der Waals surface area contributed by atoms with Crippen molar-refractivity contribution in [1.29, 1.82) is 0 Å². The molecule has 100 valence electrons. The van der Waals surface area contributed by atoms with E-state index < -0.39 is 0 Å². The molecule has 5 heteroatoms. The predicted molar refractivity (Wildman–Crippen MR) is 78.3 cm³/mol. The van der Waals surface area contributed by atoms with Gasteiger partial charge in [-0.15, -0.1) is 0 Å². The van der Waals surface area contributed by atoms with Crippen molar-refractivity contribution >= 4 is 27.5 Å². The Morgan fingerprint density at radius 2 is 2.17 bits per heavy atom. The van der Waals surface area contributed by atoms with Crippen LogP contribution in [0.15, 0.2) is 22.7 Å². The number of hydrogen-bond donors (Lipinski definition) is 2. The van der Waals surface area contributed by atoms with Gasteiger partial charge in [0.25, 0.3) is 0 Å². The number of carbonyl (C=O) groups is 1. The molecule has 18 heavy (non-hydrogen) atoms. The number of amides is 1. The van der Waals surface area contributed by atoms with Crippen molar-refractivity contribution in [3.63, 3.8) is 0 Å². The maximum Gasteiger partial charge on any atom is 0.236 e. The Hall–Kier alpha value is -1.07. The minimum atomic E-state index is -0.319. The summed E-state index contributed by atoms with van der Waals surface area (Å²) in [6.45, 7) is 3.68. The van der Waals surface area contributed by atoms with E-state index in [9.17, 15) is 4.79 Å². The van der Waals surface area contributed by atoms with Crippen molar-refractivity contribution < 1.29 is 4.79 Å². The number of anilines is 1. The molecule has 4 N–H and O–H groups in total.